The fourth-order valence-corrected chi connectivity index (χ4v) is 2.01. The van der Waals surface area contributed by atoms with E-state index in [-0.39, 0.29) is 5.97 Å². The van der Waals surface area contributed by atoms with E-state index in [9.17, 15) is 9.59 Å². The van der Waals surface area contributed by atoms with Crippen molar-refractivity contribution in [2.45, 2.75) is 12.8 Å². The van der Waals surface area contributed by atoms with Gasteiger partial charge in [0, 0.05) is 12.0 Å². The summed E-state index contributed by atoms with van der Waals surface area (Å²) in [6, 6.07) is 3.23. The van der Waals surface area contributed by atoms with Gasteiger partial charge in [-0.15, -0.1) is 0 Å². The van der Waals surface area contributed by atoms with E-state index in [1.165, 1.54) is 14.2 Å². The van der Waals surface area contributed by atoms with Gasteiger partial charge in [0.15, 0.2) is 11.5 Å². The van der Waals surface area contributed by atoms with Gasteiger partial charge in [-0.2, -0.15) is 0 Å². The average Bonchev–Trinajstić information content (AvgIpc) is 2.43. The summed E-state index contributed by atoms with van der Waals surface area (Å²) < 4.78 is 15.9. The van der Waals surface area contributed by atoms with Gasteiger partial charge < -0.3 is 14.2 Å². The zero-order chi connectivity index (χ0) is 14.3. The number of ether oxygens (including phenoxy) is 3. The Morgan fingerprint density at radius 1 is 1.37 bits per heavy atom. The number of carbonyl (C=O) groups excluding carboxylic acids is 2. The lowest BCUT2D eigenvalue weighted by Gasteiger charge is -2.12. The highest BCUT2D eigenvalue weighted by molar-refractivity contribution is 9.10. The molecule has 1 aromatic rings. The molecule has 19 heavy (non-hydrogen) atoms. The molecule has 0 bridgehead atoms. The highest BCUT2D eigenvalue weighted by Gasteiger charge is 2.11. The molecule has 0 saturated carbocycles. The fourth-order valence-electron chi connectivity index (χ4n) is 1.44. The predicted molar refractivity (Wildman–Crippen MR) is 72.8 cm³/mol. The van der Waals surface area contributed by atoms with Gasteiger partial charge in [0.2, 0.25) is 0 Å². The maximum atomic E-state index is 10.9. The summed E-state index contributed by atoms with van der Waals surface area (Å²) in [5.41, 5.74) is 0.491. The van der Waals surface area contributed by atoms with Crippen LogP contribution in [0.25, 0.3) is 0 Å². The Labute approximate surface area is 120 Å². The van der Waals surface area contributed by atoms with Crippen molar-refractivity contribution in [3.8, 4) is 11.5 Å². The van der Waals surface area contributed by atoms with Crippen LogP contribution in [0, 0.1) is 0 Å². The summed E-state index contributed by atoms with van der Waals surface area (Å²) >= 11 is 3.32. The van der Waals surface area contributed by atoms with Gasteiger partial charge in [0.25, 0.3) is 0 Å². The number of aldehydes is 1. The first kappa shape index (κ1) is 15.5. The molecule has 0 aliphatic carbocycles. The van der Waals surface area contributed by atoms with Crippen molar-refractivity contribution in [2.24, 2.45) is 0 Å². The summed E-state index contributed by atoms with van der Waals surface area (Å²) in [6.45, 7) is 0.352. The molecule has 1 aromatic carbocycles. The topological polar surface area (TPSA) is 61.8 Å². The monoisotopic (exact) mass is 330 g/mol. The molecular weight excluding hydrogens is 316 g/mol. The first-order valence-corrected chi connectivity index (χ1v) is 6.44. The highest BCUT2D eigenvalue weighted by Crippen LogP contribution is 2.36. The van der Waals surface area contributed by atoms with E-state index in [1.54, 1.807) is 12.1 Å². The molecule has 0 aromatic heterocycles. The number of esters is 1. The van der Waals surface area contributed by atoms with Crippen molar-refractivity contribution in [3.63, 3.8) is 0 Å². The average molecular weight is 331 g/mol. The standard InChI is InChI=1S/C13H15BrO5/c1-17-11-7-9(8-15)6-10(14)13(11)19-5-3-4-12(16)18-2/h6-8H,3-5H2,1-2H3. The minimum Gasteiger partial charge on any atom is -0.493 e. The largest absolute Gasteiger partial charge is 0.493 e. The Hall–Kier alpha value is -1.56. The van der Waals surface area contributed by atoms with Crippen LogP contribution in [-0.4, -0.2) is 33.1 Å². The van der Waals surface area contributed by atoms with Crippen LogP contribution in [0.4, 0.5) is 0 Å². The summed E-state index contributed by atoms with van der Waals surface area (Å²) in [6.07, 6.45) is 1.56. The molecule has 0 atom stereocenters. The second-order valence-electron chi connectivity index (χ2n) is 3.68. The van der Waals surface area contributed by atoms with E-state index in [0.717, 1.165) is 6.29 Å². The zero-order valence-electron chi connectivity index (χ0n) is 10.8. The number of methoxy groups -OCH3 is 2. The Kier molecular flexibility index (Phi) is 6.35. The van der Waals surface area contributed by atoms with Crippen molar-refractivity contribution in [1.29, 1.82) is 0 Å². The Bertz CT molecular complexity index is 459. The SMILES string of the molecule is COC(=O)CCCOc1c(Br)cc(C=O)cc1OC. The number of benzene rings is 1. The molecule has 0 spiro atoms. The molecule has 1 rings (SSSR count). The molecule has 0 saturated heterocycles. The summed E-state index contributed by atoms with van der Waals surface area (Å²) in [5.74, 6) is 0.707. The van der Waals surface area contributed by atoms with Gasteiger partial charge in [-0.3, -0.25) is 9.59 Å². The number of carbonyl (C=O) groups is 2. The number of halogens is 1. The molecule has 0 aliphatic rings. The number of hydrogen-bond acceptors (Lipinski definition) is 5. The molecule has 6 heteroatoms. The smallest absolute Gasteiger partial charge is 0.305 e. The van der Waals surface area contributed by atoms with Crippen LogP contribution in [-0.2, 0) is 9.53 Å². The normalized spacial score (nSPS) is 9.84. The first-order valence-electron chi connectivity index (χ1n) is 5.64. The Balaban J connectivity index is 2.67. The molecular formula is C13H15BrO5. The van der Waals surface area contributed by atoms with Crippen LogP contribution < -0.4 is 9.47 Å². The summed E-state index contributed by atoms with van der Waals surface area (Å²) in [4.78, 5) is 21.7. The highest BCUT2D eigenvalue weighted by atomic mass is 79.9. The van der Waals surface area contributed by atoms with Gasteiger partial charge in [-0.25, -0.2) is 0 Å². The third-order valence-electron chi connectivity index (χ3n) is 2.39. The summed E-state index contributed by atoms with van der Waals surface area (Å²) in [5, 5.41) is 0. The molecule has 0 heterocycles. The van der Waals surface area contributed by atoms with Crippen molar-refractivity contribution < 1.29 is 23.8 Å². The second kappa shape index (κ2) is 7.78. The van der Waals surface area contributed by atoms with Crippen LogP contribution in [0.5, 0.6) is 11.5 Å². The molecule has 104 valence electrons. The van der Waals surface area contributed by atoms with Gasteiger partial charge in [0.05, 0.1) is 25.3 Å². The molecule has 0 unspecified atom stereocenters. The maximum absolute atomic E-state index is 10.9. The van der Waals surface area contributed by atoms with Gasteiger partial charge in [0.1, 0.15) is 6.29 Å². The second-order valence-corrected chi connectivity index (χ2v) is 4.53. The lowest BCUT2D eigenvalue weighted by molar-refractivity contribution is -0.140. The van der Waals surface area contributed by atoms with Crippen LogP contribution >= 0.6 is 15.9 Å². The molecule has 0 amide bonds. The lowest BCUT2D eigenvalue weighted by atomic mass is 10.2. The minimum atomic E-state index is -0.272. The van der Waals surface area contributed by atoms with Crippen LogP contribution in [0.1, 0.15) is 23.2 Å². The van der Waals surface area contributed by atoms with Gasteiger partial charge >= 0.3 is 5.97 Å². The number of rotatable bonds is 7. The predicted octanol–water partition coefficient (Wildman–Crippen LogP) is 2.60. The maximum Gasteiger partial charge on any atom is 0.305 e. The summed E-state index contributed by atoms with van der Waals surface area (Å²) in [7, 11) is 2.85. The molecule has 0 aliphatic heterocycles. The minimum absolute atomic E-state index is 0.272. The van der Waals surface area contributed by atoms with Crippen molar-refractivity contribution in [1.82, 2.24) is 0 Å². The quantitative estimate of drug-likeness (QED) is 0.437. The lowest BCUT2D eigenvalue weighted by Crippen LogP contribution is -2.05. The van der Waals surface area contributed by atoms with Gasteiger partial charge in [-0.05, 0) is 34.5 Å². The van der Waals surface area contributed by atoms with E-state index in [4.69, 9.17) is 9.47 Å². The Morgan fingerprint density at radius 2 is 2.11 bits per heavy atom. The zero-order valence-corrected chi connectivity index (χ0v) is 12.4. The van der Waals surface area contributed by atoms with Crippen molar-refractivity contribution in [2.75, 3.05) is 20.8 Å². The van der Waals surface area contributed by atoms with Crippen molar-refractivity contribution >= 4 is 28.2 Å². The van der Waals surface area contributed by atoms with Crippen molar-refractivity contribution in [3.05, 3.63) is 22.2 Å². The van der Waals surface area contributed by atoms with E-state index in [0.29, 0.717) is 41.0 Å². The van der Waals surface area contributed by atoms with E-state index >= 15 is 0 Å². The van der Waals surface area contributed by atoms with Crippen LogP contribution in [0.2, 0.25) is 0 Å². The molecule has 0 N–H and O–H groups in total. The first-order chi connectivity index (χ1) is 9.12. The molecule has 0 fully saturated rings. The fraction of sp³-hybridized carbons (Fsp3) is 0.385. The van der Waals surface area contributed by atoms with E-state index in [1.807, 2.05) is 0 Å². The van der Waals surface area contributed by atoms with E-state index in [2.05, 4.69) is 20.7 Å². The third-order valence-corrected chi connectivity index (χ3v) is 2.98. The van der Waals surface area contributed by atoms with Gasteiger partial charge in [-0.1, -0.05) is 0 Å². The number of hydrogen-bond donors (Lipinski definition) is 0. The van der Waals surface area contributed by atoms with Crippen LogP contribution in [0.3, 0.4) is 0 Å². The third kappa shape index (κ3) is 4.55. The Morgan fingerprint density at radius 3 is 2.68 bits per heavy atom. The molecule has 0 radical (unpaired) electrons. The molecule has 5 nitrogen and oxygen atoms in total. The van der Waals surface area contributed by atoms with E-state index < -0.39 is 0 Å². The van der Waals surface area contributed by atoms with Crippen LogP contribution in [0.15, 0.2) is 16.6 Å².